The molecule has 8 nitrogen and oxygen atoms in total. The molecule has 2 aromatic carbocycles. The van der Waals surface area contributed by atoms with Crippen molar-refractivity contribution in [2.75, 3.05) is 23.9 Å². The van der Waals surface area contributed by atoms with Crippen molar-refractivity contribution in [1.29, 1.82) is 0 Å². The highest BCUT2D eigenvalue weighted by molar-refractivity contribution is 6.03. The van der Waals surface area contributed by atoms with Gasteiger partial charge in [0.2, 0.25) is 11.8 Å². The lowest BCUT2D eigenvalue weighted by atomic mass is 10.1. The van der Waals surface area contributed by atoms with E-state index < -0.39 is 5.92 Å². The Kier molecular flexibility index (Phi) is 6.02. The Morgan fingerprint density at radius 3 is 2.28 bits per heavy atom. The first-order chi connectivity index (χ1) is 15.4. The van der Waals surface area contributed by atoms with Crippen LogP contribution in [0, 0.1) is 19.8 Å². The highest BCUT2D eigenvalue weighted by Crippen LogP contribution is 2.29. The Morgan fingerprint density at radius 2 is 1.66 bits per heavy atom. The topological polar surface area (TPSA) is 93.7 Å². The van der Waals surface area contributed by atoms with Gasteiger partial charge in [-0.25, -0.2) is 0 Å². The molecule has 164 valence electrons. The summed E-state index contributed by atoms with van der Waals surface area (Å²) in [5.74, 6) is 0.544. The van der Waals surface area contributed by atoms with Gasteiger partial charge >= 0.3 is 6.01 Å². The third kappa shape index (κ3) is 4.54. The van der Waals surface area contributed by atoms with E-state index in [1.54, 1.807) is 38.0 Å². The SMILES string of the molecule is COc1ccc(N2CC(C(=O)Nc3c(C)nc(Oc4ccccc4)nc3C)CC2=O)cc1. The maximum atomic E-state index is 12.9. The van der Waals surface area contributed by atoms with E-state index in [2.05, 4.69) is 15.3 Å². The molecule has 1 N–H and O–H groups in total. The average molecular weight is 432 g/mol. The maximum Gasteiger partial charge on any atom is 0.322 e. The van der Waals surface area contributed by atoms with Crippen LogP contribution in [0.5, 0.6) is 17.5 Å². The molecule has 8 heteroatoms. The fraction of sp³-hybridized carbons (Fsp3) is 0.250. The number of aryl methyl sites for hydroxylation is 2. The van der Waals surface area contributed by atoms with Gasteiger partial charge in [-0.3, -0.25) is 9.59 Å². The fourth-order valence-electron chi connectivity index (χ4n) is 3.63. The molecule has 2 heterocycles. The minimum absolute atomic E-state index is 0.0911. The van der Waals surface area contributed by atoms with Crippen molar-refractivity contribution in [1.82, 2.24) is 9.97 Å². The highest BCUT2D eigenvalue weighted by Gasteiger charge is 2.35. The van der Waals surface area contributed by atoms with Crippen LogP contribution >= 0.6 is 0 Å². The predicted molar refractivity (Wildman–Crippen MR) is 120 cm³/mol. The zero-order chi connectivity index (χ0) is 22.7. The normalized spacial score (nSPS) is 15.5. The van der Waals surface area contributed by atoms with Crippen LogP contribution in [-0.2, 0) is 9.59 Å². The van der Waals surface area contributed by atoms with E-state index in [1.165, 1.54) is 0 Å². The summed E-state index contributed by atoms with van der Waals surface area (Å²) in [6.45, 7) is 3.88. The fourth-order valence-corrected chi connectivity index (χ4v) is 3.63. The van der Waals surface area contributed by atoms with Gasteiger partial charge in [-0.15, -0.1) is 0 Å². The number of ether oxygens (including phenoxy) is 2. The van der Waals surface area contributed by atoms with Gasteiger partial charge in [0.25, 0.3) is 0 Å². The molecule has 4 rings (SSSR count). The molecule has 2 amide bonds. The van der Waals surface area contributed by atoms with E-state index in [0.717, 1.165) is 5.69 Å². The van der Waals surface area contributed by atoms with E-state index in [9.17, 15) is 9.59 Å². The van der Waals surface area contributed by atoms with Crippen LogP contribution in [0.2, 0.25) is 0 Å². The van der Waals surface area contributed by atoms with E-state index in [0.29, 0.717) is 35.1 Å². The zero-order valence-electron chi connectivity index (χ0n) is 18.2. The van der Waals surface area contributed by atoms with E-state index in [1.807, 2.05) is 42.5 Å². The lowest BCUT2D eigenvalue weighted by molar-refractivity contribution is -0.122. The van der Waals surface area contributed by atoms with Crippen molar-refractivity contribution < 1.29 is 19.1 Å². The van der Waals surface area contributed by atoms with Crippen LogP contribution in [0.3, 0.4) is 0 Å². The predicted octanol–water partition coefficient (Wildman–Crippen LogP) is 3.89. The number of benzene rings is 2. The number of rotatable bonds is 6. The summed E-state index contributed by atoms with van der Waals surface area (Å²) in [5, 5.41) is 2.90. The number of nitrogens with one attached hydrogen (secondary N) is 1. The van der Waals surface area contributed by atoms with Gasteiger partial charge in [0.15, 0.2) is 0 Å². The molecule has 3 aromatic rings. The van der Waals surface area contributed by atoms with Gasteiger partial charge in [0, 0.05) is 18.7 Å². The van der Waals surface area contributed by atoms with E-state index >= 15 is 0 Å². The first-order valence-corrected chi connectivity index (χ1v) is 10.3. The van der Waals surface area contributed by atoms with Crippen LogP contribution in [0.15, 0.2) is 54.6 Å². The third-order valence-corrected chi connectivity index (χ3v) is 5.33. The summed E-state index contributed by atoms with van der Waals surface area (Å²) in [6, 6.07) is 16.7. The van der Waals surface area contributed by atoms with Crippen molar-refractivity contribution in [3.8, 4) is 17.5 Å². The lowest BCUT2D eigenvalue weighted by Gasteiger charge is -2.18. The highest BCUT2D eigenvalue weighted by atomic mass is 16.5. The molecule has 0 bridgehead atoms. The molecular weight excluding hydrogens is 408 g/mol. The third-order valence-electron chi connectivity index (χ3n) is 5.33. The monoisotopic (exact) mass is 432 g/mol. The molecular formula is C24H24N4O4. The molecule has 1 fully saturated rings. The van der Waals surface area contributed by atoms with Crippen LogP contribution < -0.4 is 19.7 Å². The summed E-state index contributed by atoms with van der Waals surface area (Å²) >= 11 is 0. The number of carbonyl (C=O) groups excluding carboxylic acids is 2. The summed E-state index contributed by atoms with van der Waals surface area (Å²) in [6.07, 6.45) is 0.145. The Labute approximate surface area is 186 Å². The Bertz CT molecular complexity index is 1110. The number of hydrogen-bond acceptors (Lipinski definition) is 6. The number of carbonyl (C=O) groups is 2. The molecule has 1 aliphatic heterocycles. The molecule has 32 heavy (non-hydrogen) atoms. The zero-order valence-corrected chi connectivity index (χ0v) is 18.2. The van der Waals surface area contributed by atoms with E-state index in [-0.39, 0.29) is 24.2 Å². The van der Waals surface area contributed by atoms with Crippen molar-refractivity contribution in [2.45, 2.75) is 20.3 Å². The van der Waals surface area contributed by atoms with Gasteiger partial charge in [0.1, 0.15) is 11.5 Å². The van der Waals surface area contributed by atoms with Gasteiger partial charge in [-0.05, 0) is 50.2 Å². The second-order valence-electron chi connectivity index (χ2n) is 7.56. The van der Waals surface area contributed by atoms with Gasteiger partial charge in [-0.1, -0.05) is 18.2 Å². The molecule has 0 saturated carbocycles. The summed E-state index contributed by atoms with van der Waals surface area (Å²) in [5.41, 5.74) is 2.45. The first kappa shape index (κ1) is 21.3. The minimum Gasteiger partial charge on any atom is -0.497 e. The summed E-state index contributed by atoms with van der Waals surface area (Å²) < 4.78 is 10.9. The number of amides is 2. The minimum atomic E-state index is -0.469. The second-order valence-corrected chi connectivity index (χ2v) is 7.56. The molecule has 1 unspecified atom stereocenters. The molecule has 1 saturated heterocycles. The number of aromatic nitrogens is 2. The number of nitrogens with zero attached hydrogens (tertiary/aromatic N) is 3. The Hall–Kier alpha value is -3.94. The van der Waals surface area contributed by atoms with Crippen molar-refractivity contribution in [2.24, 2.45) is 5.92 Å². The first-order valence-electron chi connectivity index (χ1n) is 10.3. The van der Waals surface area contributed by atoms with Crippen molar-refractivity contribution in [3.63, 3.8) is 0 Å². The number of para-hydroxylation sites is 1. The van der Waals surface area contributed by atoms with Gasteiger partial charge in [0.05, 0.1) is 30.1 Å². The van der Waals surface area contributed by atoms with Crippen LogP contribution in [0.4, 0.5) is 11.4 Å². The number of methoxy groups -OCH3 is 1. The second kappa shape index (κ2) is 9.05. The number of hydrogen-bond donors (Lipinski definition) is 1. The maximum absolute atomic E-state index is 12.9. The van der Waals surface area contributed by atoms with Gasteiger partial charge < -0.3 is 19.7 Å². The lowest BCUT2D eigenvalue weighted by Crippen LogP contribution is -2.28. The van der Waals surface area contributed by atoms with Gasteiger partial charge in [-0.2, -0.15) is 9.97 Å². The van der Waals surface area contributed by atoms with Crippen LogP contribution in [-0.4, -0.2) is 35.4 Å². The Balaban J connectivity index is 1.45. The van der Waals surface area contributed by atoms with E-state index in [4.69, 9.17) is 9.47 Å². The largest absolute Gasteiger partial charge is 0.497 e. The van der Waals surface area contributed by atoms with Crippen LogP contribution in [0.1, 0.15) is 17.8 Å². The molecule has 0 aliphatic carbocycles. The molecule has 0 spiro atoms. The molecule has 0 radical (unpaired) electrons. The molecule has 1 aliphatic rings. The standard InChI is InChI=1S/C24H24N4O4/c1-15-22(16(2)26-24(25-15)32-20-7-5-4-6-8-20)27-23(30)17-13-21(29)28(14-17)18-9-11-19(31-3)12-10-18/h4-12,17H,13-14H2,1-3H3,(H,27,30). The molecule has 1 atom stereocenters. The Morgan fingerprint density at radius 1 is 1.00 bits per heavy atom. The van der Waals surface area contributed by atoms with Crippen molar-refractivity contribution >= 4 is 23.2 Å². The quantitative estimate of drug-likeness (QED) is 0.635. The van der Waals surface area contributed by atoms with Crippen LogP contribution in [0.25, 0.3) is 0 Å². The van der Waals surface area contributed by atoms with Crippen molar-refractivity contribution in [3.05, 3.63) is 66.0 Å². The summed E-state index contributed by atoms with van der Waals surface area (Å²) in [7, 11) is 1.59. The molecule has 1 aromatic heterocycles. The smallest absolute Gasteiger partial charge is 0.322 e. The average Bonchev–Trinajstić information content (AvgIpc) is 3.18. The summed E-state index contributed by atoms with van der Waals surface area (Å²) in [4.78, 5) is 35.8. The number of anilines is 2.